The highest BCUT2D eigenvalue weighted by molar-refractivity contribution is 9.10. The minimum atomic E-state index is 0.523. The lowest BCUT2D eigenvalue weighted by Crippen LogP contribution is -2.28. The van der Waals surface area contributed by atoms with E-state index in [-0.39, 0.29) is 0 Å². The van der Waals surface area contributed by atoms with Crippen LogP contribution in [-0.2, 0) is 6.42 Å². The second-order valence-corrected chi connectivity index (χ2v) is 6.85. The van der Waals surface area contributed by atoms with Gasteiger partial charge in [-0.25, -0.2) is 0 Å². The molecular weight excluding hydrogens is 318 g/mol. The fourth-order valence-electron chi connectivity index (χ4n) is 2.14. The van der Waals surface area contributed by atoms with Crippen LogP contribution < -0.4 is 5.32 Å². The third kappa shape index (κ3) is 4.75. The van der Waals surface area contributed by atoms with Crippen molar-refractivity contribution in [3.05, 3.63) is 56.7 Å². The second kappa shape index (κ2) is 7.22. The standard InChI is InChI=1S/C16H20BrNS/c1-12(2)18-10-15(8-13-6-7-19-11-13)14-4-3-5-16(17)9-14/h3-7,9,11-12,15,18H,8,10H2,1-2H3. The van der Waals surface area contributed by atoms with Gasteiger partial charge in [-0.1, -0.05) is 41.9 Å². The van der Waals surface area contributed by atoms with Crippen LogP contribution in [0.2, 0.25) is 0 Å². The molecule has 1 atom stereocenters. The zero-order chi connectivity index (χ0) is 13.7. The van der Waals surface area contributed by atoms with Crippen LogP contribution in [0.4, 0.5) is 0 Å². The normalized spacial score (nSPS) is 12.8. The first kappa shape index (κ1) is 14.8. The van der Waals surface area contributed by atoms with Crippen molar-refractivity contribution in [2.24, 2.45) is 0 Å². The average molecular weight is 338 g/mol. The van der Waals surface area contributed by atoms with Crippen LogP contribution in [0.25, 0.3) is 0 Å². The third-order valence-corrected chi connectivity index (χ3v) is 4.38. The van der Waals surface area contributed by atoms with Crippen molar-refractivity contribution in [3.63, 3.8) is 0 Å². The molecule has 0 bridgehead atoms. The molecule has 1 N–H and O–H groups in total. The van der Waals surface area contributed by atoms with Gasteiger partial charge in [0.05, 0.1) is 0 Å². The monoisotopic (exact) mass is 337 g/mol. The number of hydrogen-bond acceptors (Lipinski definition) is 2. The van der Waals surface area contributed by atoms with Gasteiger partial charge < -0.3 is 5.32 Å². The minimum Gasteiger partial charge on any atom is -0.314 e. The summed E-state index contributed by atoms with van der Waals surface area (Å²) >= 11 is 5.34. The first-order chi connectivity index (χ1) is 9.15. The van der Waals surface area contributed by atoms with Gasteiger partial charge in [-0.3, -0.25) is 0 Å². The van der Waals surface area contributed by atoms with Gasteiger partial charge in [0.1, 0.15) is 0 Å². The Bertz CT molecular complexity index is 493. The van der Waals surface area contributed by atoms with Crippen molar-refractivity contribution in [2.75, 3.05) is 6.54 Å². The molecule has 0 aliphatic rings. The van der Waals surface area contributed by atoms with Gasteiger partial charge in [0.2, 0.25) is 0 Å². The summed E-state index contributed by atoms with van der Waals surface area (Å²) in [5, 5.41) is 7.97. The highest BCUT2D eigenvalue weighted by Gasteiger charge is 2.13. The predicted octanol–water partition coefficient (Wildman–Crippen LogP) is 4.83. The Morgan fingerprint density at radius 1 is 1.26 bits per heavy atom. The topological polar surface area (TPSA) is 12.0 Å². The average Bonchev–Trinajstić information content (AvgIpc) is 2.87. The predicted molar refractivity (Wildman–Crippen MR) is 88.0 cm³/mol. The molecule has 0 aliphatic heterocycles. The Kier molecular flexibility index (Phi) is 5.61. The number of thiophene rings is 1. The van der Waals surface area contributed by atoms with E-state index in [2.05, 4.69) is 76.2 Å². The fourth-order valence-corrected chi connectivity index (χ4v) is 3.24. The first-order valence-electron chi connectivity index (χ1n) is 6.65. The molecule has 1 aromatic carbocycles. The molecule has 1 aromatic heterocycles. The van der Waals surface area contributed by atoms with E-state index in [1.54, 1.807) is 11.3 Å². The molecule has 0 fully saturated rings. The van der Waals surface area contributed by atoms with E-state index < -0.39 is 0 Å². The summed E-state index contributed by atoms with van der Waals surface area (Å²) in [5.41, 5.74) is 2.83. The van der Waals surface area contributed by atoms with E-state index in [0.717, 1.165) is 17.4 Å². The van der Waals surface area contributed by atoms with Crippen LogP contribution in [-0.4, -0.2) is 12.6 Å². The van der Waals surface area contributed by atoms with E-state index in [0.29, 0.717) is 12.0 Å². The van der Waals surface area contributed by atoms with E-state index in [9.17, 15) is 0 Å². The number of hydrogen-bond donors (Lipinski definition) is 1. The van der Waals surface area contributed by atoms with Crippen LogP contribution >= 0.6 is 27.3 Å². The van der Waals surface area contributed by atoms with E-state index >= 15 is 0 Å². The molecule has 102 valence electrons. The summed E-state index contributed by atoms with van der Waals surface area (Å²) in [7, 11) is 0. The van der Waals surface area contributed by atoms with Gasteiger partial charge in [0.25, 0.3) is 0 Å². The highest BCUT2D eigenvalue weighted by Crippen LogP contribution is 2.24. The zero-order valence-corrected chi connectivity index (χ0v) is 13.8. The molecule has 0 saturated carbocycles. The van der Waals surface area contributed by atoms with Crippen LogP contribution in [0.1, 0.15) is 30.9 Å². The van der Waals surface area contributed by atoms with E-state index in [4.69, 9.17) is 0 Å². The molecule has 1 heterocycles. The van der Waals surface area contributed by atoms with Crippen molar-refractivity contribution < 1.29 is 0 Å². The van der Waals surface area contributed by atoms with Gasteiger partial charge in [-0.2, -0.15) is 11.3 Å². The molecule has 2 rings (SSSR count). The number of halogens is 1. The van der Waals surface area contributed by atoms with Gasteiger partial charge in [-0.05, 0) is 46.5 Å². The maximum absolute atomic E-state index is 3.57. The molecule has 19 heavy (non-hydrogen) atoms. The summed E-state index contributed by atoms with van der Waals surface area (Å²) < 4.78 is 1.16. The maximum atomic E-state index is 3.57. The molecule has 0 aliphatic carbocycles. The summed E-state index contributed by atoms with van der Waals surface area (Å²) in [6.45, 7) is 5.41. The molecule has 2 aromatic rings. The molecule has 1 nitrogen and oxygen atoms in total. The Labute approximate surface area is 128 Å². The number of rotatable bonds is 6. The largest absolute Gasteiger partial charge is 0.314 e. The summed E-state index contributed by atoms with van der Waals surface area (Å²) in [6.07, 6.45) is 1.10. The van der Waals surface area contributed by atoms with Gasteiger partial charge >= 0.3 is 0 Å². The van der Waals surface area contributed by atoms with Crippen molar-refractivity contribution >= 4 is 27.3 Å². The Morgan fingerprint density at radius 2 is 2.11 bits per heavy atom. The van der Waals surface area contributed by atoms with Crippen molar-refractivity contribution in [1.29, 1.82) is 0 Å². The van der Waals surface area contributed by atoms with E-state index in [1.807, 2.05) is 0 Å². The minimum absolute atomic E-state index is 0.523. The molecule has 0 radical (unpaired) electrons. The highest BCUT2D eigenvalue weighted by atomic mass is 79.9. The number of benzene rings is 1. The Balaban J connectivity index is 2.13. The van der Waals surface area contributed by atoms with Crippen LogP contribution in [0.5, 0.6) is 0 Å². The molecular formula is C16H20BrNS. The maximum Gasteiger partial charge on any atom is 0.0178 e. The zero-order valence-electron chi connectivity index (χ0n) is 11.4. The lowest BCUT2D eigenvalue weighted by molar-refractivity contribution is 0.527. The molecule has 1 unspecified atom stereocenters. The van der Waals surface area contributed by atoms with Gasteiger partial charge in [0.15, 0.2) is 0 Å². The van der Waals surface area contributed by atoms with Crippen molar-refractivity contribution in [1.82, 2.24) is 5.32 Å². The van der Waals surface area contributed by atoms with Crippen LogP contribution in [0.15, 0.2) is 45.6 Å². The SMILES string of the molecule is CC(C)NCC(Cc1ccsc1)c1cccc(Br)c1. The van der Waals surface area contributed by atoms with Crippen LogP contribution in [0.3, 0.4) is 0 Å². The Morgan fingerprint density at radius 3 is 2.74 bits per heavy atom. The van der Waals surface area contributed by atoms with Gasteiger partial charge in [0, 0.05) is 23.0 Å². The van der Waals surface area contributed by atoms with Gasteiger partial charge in [-0.15, -0.1) is 0 Å². The van der Waals surface area contributed by atoms with Crippen LogP contribution in [0, 0.1) is 0 Å². The lowest BCUT2D eigenvalue weighted by atomic mass is 9.93. The van der Waals surface area contributed by atoms with E-state index in [1.165, 1.54) is 11.1 Å². The fraction of sp³-hybridized carbons (Fsp3) is 0.375. The molecule has 3 heteroatoms. The lowest BCUT2D eigenvalue weighted by Gasteiger charge is -2.19. The molecule has 0 saturated heterocycles. The number of nitrogens with one attached hydrogen (secondary N) is 1. The molecule has 0 amide bonds. The summed E-state index contributed by atoms with van der Waals surface area (Å²) in [5.74, 6) is 0.523. The summed E-state index contributed by atoms with van der Waals surface area (Å²) in [4.78, 5) is 0. The van der Waals surface area contributed by atoms with Crippen molar-refractivity contribution in [3.8, 4) is 0 Å². The second-order valence-electron chi connectivity index (χ2n) is 5.15. The summed E-state index contributed by atoms with van der Waals surface area (Å²) in [6, 6.07) is 11.4. The quantitative estimate of drug-likeness (QED) is 0.795. The van der Waals surface area contributed by atoms with Crippen molar-refractivity contribution in [2.45, 2.75) is 32.2 Å². The Hall–Kier alpha value is -0.640. The molecule has 0 spiro atoms. The smallest absolute Gasteiger partial charge is 0.0178 e. The third-order valence-electron chi connectivity index (χ3n) is 3.15. The first-order valence-corrected chi connectivity index (χ1v) is 8.38.